The molecule has 0 bridgehead atoms. The predicted molar refractivity (Wildman–Crippen MR) is 73.8 cm³/mol. The van der Waals surface area contributed by atoms with Crippen molar-refractivity contribution in [2.75, 3.05) is 13.1 Å². The van der Waals surface area contributed by atoms with Gasteiger partial charge in [0.05, 0.1) is 0 Å². The standard InChI is InChI=1S/C13H28N4/c1-3-5-11-15-13(16-14)17(4-2)12-9-7-6-8-10-12/h12H,3-11,14H2,1-2H3,(H,15,16). The number of nitrogens with zero attached hydrogens (tertiary/aromatic N) is 2. The highest BCUT2D eigenvalue weighted by molar-refractivity contribution is 5.79. The van der Waals surface area contributed by atoms with Crippen molar-refractivity contribution in [3.05, 3.63) is 0 Å². The predicted octanol–water partition coefficient (Wildman–Crippen LogP) is 2.26. The molecule has 1 fully saturated rings. The first-order chi connectivity index (χ1) is 8.33. The van der Waals surface area contributed by atoms with Gasteiger partial charge in [0.2, 0.25) is 5.96 Å². The van der Waals surface area contributed by atoms with E-state index in [1.54, 1.807) is 0 Å². The minimum Gasteiger partial charge on any atom is -0.339 e. The van der Waals surface area contributed by atoms with Crippen LogP contribution >= 0.6 is 0 Å². The summed E-state index contributed by atoms with van der Waals surface area (Å²) in [6, 6.07) is 0.630. The lowest BCUT2D eigenvalue weighted by Gasteiger charge is -2.35. The van der Waals surface area contributed by atoms with Gasteiger partial charge in [-0.05, 0) is 26.2 Å². The number of nitrogens with one attached hydrogen (secondary N) is 1. The van der Waals surface area contributed by atoms with Crippen LogP contribution in [0.25, 0.3) is 0 Å². The van der Waals surface area contributed by atoms with Crippen LogP contribution in [0.1, 0.15) is 58.8 Å². The van der Waals surface area contributed by atoms with E-state index in [0.29, 0.717) is 6.04 Å². The Hall–Kier alpha value is -0.770. The number of guanidine groups is 1. The largest absolute Gasteiger partial charge is 0.339 e. The topological polar surface area (TPSA) is 53.6 Å². The molecule has 0 unspecified atom stereocenters. The molecule has 1 saturated carbocycles. The van der Waals surface area contributed by atoms with Crippen LogP contribution in [0.4, 0.5) is 0 Å². The van der Waals surface area contributed by atoms with Crippen LogP contribution in [0.3, 0.4) is 0 Å². The second kappa shape index (κ2) is 8.34. The Labute approximate surface area is 106 Å². The third-order valence-corrected chi connectivity index (χ3v) is 3.53. The molecule has 0 spiro atoms. The normalized spacial score (nSPS) is 18.2. The molecule has 1 aliphatic carbocycles. The lowest BCUT2D eigenvalue weighted by atomic mass is 9.94. The number of unbranched alkanes of at least 4 members (excludes halogenated alkanes) is 1. The van der Waals surface area contributed by atoms with Gasteiger partial charge in [0.15, 0.2) is 0 Å². The van der Waals surface area contributed by atoms with E-state index in [0.717, 1.165) is 25.5 Å². The van der Waals surface area contributed by atoms with Crippen LogP contribution in [-0.4, -0.2) is 30.0 Å². The van der Waals surface area contributed by atoms with Gasteiger partial charge >= 0.3 is 0 Å². The number of hydrazine groups is 1. The molecule has 0 saturated heterocycles. The first kappa shape index (κ1) is 14.3. The summed E-state index contributed by atoms with van der Waals surface area (Å²) in [5, 5.41) is 0. The van der Waals surface area contributed by atoms with Crippen LogP contribution in [0.5, 0.6) is 0 Å². The smallest absolute Gasteiger partial charge is 0.208 e. The Morgan fingerprint density at radius 1 is 1.29 bits per heavy atom. The van der Waals surface area contributed by atoms with Crippen LogP contribution in [0.15, 0.2) is 4.99 Å². The fourth-order valence-electron chi connectivity index (χ4n) is 2.54. The van der Waals surface area contributed by atoms with Gasteiger partial charge in [0.1, 0.15) is 0 Å². The van der Waals surface area contributed by atoms with Crippen molar-refractivity contribution in [3.63, 3.8) is 0 Å². The van der Waals surface area contributed by atoms with Crippen molar-refractivity contribution < 1.29 is 0 Å². The maximum Gasteiger partial charge on any atom is 0.208 e. The molecule has 4 nitrogen and oxygen atoms in total. The molecule has 0 heterocycles. The second-order valence-corrected chi connectivity index (χ2v) is 4.78. The fourth-order valence-corrected chi connectivity index (χ4v) is 2.54. The summed E-state index contributed by atoms with van der Waals surface area (Å²) < 4.78 is 0. The van der Waals surface area contributed by atoms with Gasteiger partial charge in [-0.25, -0.2) is 5.84 Å². The SMILES string of the molecule is CCCCN=C(NN)N(CC)C1CCCCC1. The van der Waals surface area contributed by atoms with Crippen LogP contribution in [0, 0.1) is 0 Å². The number of hydrogen-bond donors (Lipinski definition) is 2. The average molecular weight is 240 g/mol. The third-order valence-electron chi connectivity index (χ3n) is 3.53. The van der Waals surface area contributed by atoms with Gasteiger partial charge in [0, 0.05) is 19.1 Å². The molecule has 4 heteroatoms. The van der Waals surface area contributed by atoms with E-state index in [2.05, 4.69) is 29.2 Å². The summed E-state index contributed by atoms with van der Waals surface area (Å²) in [7, 11) is 0. The van der Waals surface area contributed by atoms with Gasteiger partial charge in [-0.15, -0.1) is 0 Å². The third kappa shape index (κ3) is 4.54. The quantitative estimate of drug-likeness (QED) is 0.255. The zero-order chi connectivity index (χ0) is 12.5. The van der Waals surface area contributed by atoms with Crippen molar-refractivity contribution in [1.29, 1.82) is 0 Å². The summed E-state index contributed by atoms with van der Waals surface area (Å²) in [4.78, 5) is 6.93. The zero-order valence-corrected chi connectivity index (χ0v) is 11.4. The van der Waals surface area contributed by atoms with Gasteiger partial charge in [-0.2, -0.15) is 0 Å². The van der Waals surface area contributed by atoms with E-state index < -0.39 is 0 Å². The first-order valence-electron chi connectivity index (χ1n) is 7.11. The van der Waals surface area contributed by atoms with Crippen LogP contribution in [-0.2, 0) is 0 Å². The summed E-state index contributed by atoms with van der Waals surface area (Å²) in [6.45, 7) is 6.23. The molecule has 0 aliphatic heterocycles. The van der Waals surface area contributed by atoms with E-state index in [4.69, 9.17) is 5.84 Å². The average Bonchev–Trinajstić information content (AvgIpc) is 2.39. The maximum absolute atomic E-state index is 5.62. The second-order valence-electron chi connectivity index (χ2n) is 4.78. The Morgan fingerprint density at radius 2 is 2.00 bits per heavy atom. The van der Waals surface area contributed by atoms with Crippen molar-refractivity contribution >= 4 is 5.96 Å². The van der Waals surface area contributed by atoms with Crippen molar-refractivity contribution in [2.45, 2.75) is 64.8 Å². The molecular weight excluding hydrogens is 212 g/mol. The van der Waals surface area contributed by atoms with Gasteiger partial charge in [-0.1, -0.05) is 32.6 Å². The van der Waals surface area contributed by atoms with E-state index >= 15 is 0 Å². The molecule has 17 heavy (non-hydrogen) atoms. The van der Waals surface area contributed by atoms with E-state index in [1.807, 2.05) is 0 Å². The molecule has 0 aromatic rings. The lowest BCUT2D eigenvalue weighted by Crippen LogP contribution is -2.50. The Morgan fingerprint density at radius 3 is 2.53 bits per heavy atom. The molecule has 100 valence electrons. The summed E-state index contributed by atoms with van der Waals surface area (Å²) in [5.74, 6) is 6.50. The Bertz CT molecular complexity index is 221. The number of rotatable bonds is 5. The number of hydrogen-bond acceptors (Lipinski definition) is 2. The highest BCUT2D eigenvalue weighted by atomic mass is 15.4. The minimum absolute atomic E-state index is 0.630. The summed E-state index contributed by atoms with van der Waals surface area (Å²) in [5.41, 5.74) is 2.79. The molecular formula is C13H28N4. The monoisotopic (exact) mass is 240 g/mol. The highest BCUT2D eigenvalue weighted by Crippen LogP contribution is 2.22. The number of aliphatic imine (C=N–C) groups is 1. The van der Waals surface area contributed by atoms with Crippen molar-refractivity contribution in [1.82, 2.24) is 10.3 Å². The van der Waals surface area contributed by atoms with E-state index in [1.165, 1.54) is 38.5 Å². The molecule has 0 aromatic heterocycles. The highest BCUT2D eigenvalue weighted by Gasteiger charge is 2.22. The van der Waals surface area contributed by atoms with Crippen molar-refractivity contribution in [3.8, 4) is 0 Å². The van der Waals surface area contributed by atoms with E-state index in [-0.39, 0.29) is 0 Å². The van der Waals surface area contributed by atoms with Gasteiger partial charge < -0.3 is 4.90 Å². The first-order valence-corrected chi connectivity index (χ1v) is 7.11. The molecule has 0 amide bonds. The molecule has 1 aliphatic rings. The lowest BCUT2D eigenvalue weighted by molar-refractivity contribution is 0.245. The molecule has 1 rings (SSSR count). The molecule has 3 N–H and O–H groups in total. The minimum atomic E-state index is 0.630. The van der Waals surface area contributed by atoms with E-state index in [9.17, 15) is 0 Å². The zero-order valence-electron chi connectivity index (χ0n) is 11.4. The summed E-state index contributed by atoms with van der Waals surface area (Å²) in [6.07, 6.45) is 8.93. The van der Waals surface area contributed by atoms with Crippen LogP contribution in [0.2, 0.25) is 0 Å². The molecule has 0 atom stereocenters. The molecule has 0 radical (unpaired) electrons. The maximum atomic E-state index is 5.62. The summed E-state index contributed by atoms with van der Waals surface area (Å²) >= 11 is 0. The van der Waals surface area contributed by atoms with Gasteiger partial charge in [0.25, 0.3) is 0 Å². The fraction of sp³-hybridized carbons (Fsp3) is 0.923. The van der Waals surface area contributed by atoms with Crippen LogP contribution < -0.4 is 11.3 Å². The number of nitrogens with two attached hydrogens (primary N) is 1. The van der Waals surface area contributed by atoms with Crippen molar-refractivity contribution in [2.24, 2.45) is 10.8 Å². The Kier molecular flexibility index (Phi) is 7.01. The molecule has 0 aromatic carbocycles. The Balaban J connectivity index is 2.57. The van der Waals surface area contributed by atoms with Gasteiger partial charge in [-0.3, -0.25) is 10.4 Å².